The fourth-order valence-corrected chi connectivity index (χ4v) is 4.45. The van der Waals surface area contributed by atoms with Crippen LogP contribution in [0, 0.1) is 18.8 Å². The van der Waals surface area contributed by atoms with Gasteiger partial charge in [0, 0.05) is 43.9 Å². The number of carbonyl (C=O) groups excluding carboxylic acids is 1. The molecule has 1 aromatic heterocycles. The number of piperidine rings is 2. The summed E-state index contributed by atoms with van der Waals surface area (Å²) in [5.74, 6) is 2.60. The number of aromatic nitrogens is 2. The van der Waals surface area contributed by atoms with Crippen molar-refractivity contribution in [1.29, 1.82) is 0 Å². The molecule has 6 heteroatoms. The number of thioether (sulfide) groups is 1. The predicted molar refractivity (Wildman–Crippen MR) is 103 cm³/mol. The standard InChI is InChI=1S/C19H30N4OS/c1-13(2)7-10-23-16-8-9-22(12-15(16)5-6-18(23)24)17-11-14(3)20-19(21-17)25-4/h11,13,15-16H,5-10,12H2,1-4H3. The molecule has 3 rings (SSSR count). The van der Waals surface area contributed by atoms with Crippen LogP contribution in [0.2, 0.25) is 0 Å². The molecule has 5 nitrogen and oxygen atoms in total. The zero-order chi connectivity index (χ0) is 18.0. The molecule has 0 spiro atoms. The molecule has 0 saturated carbocycles. The third-order valence-corrected chi connectivity index (χ3v) is 5.97. The van der Waals surface area contributed by atoms with Crippen molar-refractivity contribution in [2.75, 3.05) is 30.8 Å². The van der Waals surface area contributed by atoms with Gasteiger partial charge >= 0.3 is 0 Å². The topological polar surface area (TPSA) is 49.3 Å². The minimum atomic E-state index is 0.359. The van der Waals surface area contributed by atoms with Gasteiger partial charge in [0.05, 0.1) is 0 Å². The maximum absolute atomic E-state index is 12.4. The first-order chi connectivity index (χ1) is 12.0. The van der Waals surface area contributed by atoms with Gasteiger partial charge in [0.1, 0.15) is 5.82 Å². The highest BCUT2D eigenvalue weighted by atomic mass is 32.2. The molecule has 2 fully saturated rings. The van der Waals surface area contributed by atoms with E-state index in [-0.39, 0.29) is 0 Å². The molecule has 0 radical (unpaired) electrons. The molecule has 25 heavy (non-hydrogen) atoms. The SMILES string of the molecule is CSc1nc(C)cc(N2CCC3C(CCC(=O)N3CCC(C)C)C2)n1. The van der Waals surface area contributed by atoms with Crippen LogP contribution in [-0.4, -0.2) is 52.7 Å². The van der Waals surface area contributed by atoms with Crippen LogP contribution < -0.4 is 4.90 Å². The number of rotatable bonds is 5. The van der Waals surface area contributed by atoms with Crippen LogP contribution in [0.15, 0.2) is 11.2 Å². The van der Waals surface area contributed by atoms with Gasteiger partial charge in [0.2, 0.25) is 5.91 Å². The highest BCUT2D eigenvalue weighted by molar-refractivity contribution is 7.98. The second-order valence-corrected chi connectivity index (χ2v) is 8.50. The number of amides is 1. The zero-order valence-electron chi connectivity index (χ0n) is 15.9. The van der Waals surface area contributed by atoms with Gasteiger partial charge in [-0.05, 0) is 44.3 Å². The Labute approximate surface area is 155 Å². The van der Waals surface area contributed by atoms with Gasteiger partial charge in [0.25, 0.3) is 0 Å². The summed E-state index contributed by atoms with van der Waals surface area (Å²) < 4.78 is 0. The third-order valence-electron chi connectivity index (χ3n) is 5.42. The lowest BCUT2D eigenvalue weighted by Crippen LogP contribution is -2.56. The van der Waals surface area contributed by atoms with E-state index in [1.807, 2.05) is 13.2 Å². The first-order valence-electron chi connectivity index (χ1n) is 9.42. The summed E-state index contributed by atoms with van der Waals surface area (Å²) in [6.45, 7) is 9.38. The molecule has 2 atom stereocenters. The van der Waals surface area contributed by atoms with E-state index in [1.165, 1.54) is 0 Å². The molecule has 2 aliphatic heterocycles. The van der Waals surface area contributed by atoms with E-state index >= 15 is 0 Å². The smallest absolute Gasteiger partial charge is 0.222 e. The van der Waals surface area contributed by atoms with Crippen molar-refractivity contribution in [2.24, 2.45) is 11.8 Å². The van der Waals surface area contributed by atoms with E-state index in [0.29, 0.717) is 30.2 Å². The van der Waals surface area contributed by atoms with Crippen LogP contribution in [0.1, 0.15) is 45.2 Å². The molecule has 1 amide bonds. The Kier molecular flexibility index (Phi) is 5.87. The van der Waals surface area contributed by atoms with Gasteiger partial charge in [-0.3, -0.25) is 4.79 Å². The lowest BCUT2D eigenvalue weighted by molar-refractivity contribution is -0.139. The summed E-state index contributed by atoms with van der Waals surface area (Å²) in [6.07, 6.45) is 5.88. The number of fused-ring (bicyclic) bond motifs is 1. The molecule has 0 N–H and O–H groups in total. The second-order valence-electron chi connectivity index (χ2n) is 7.72. The number of nitrogens with zero attached hydrogens (tertiary/aromatic N) is 4. The fraction of sp³-hybridized carbons (Fsp3) is 0.737. The zero-order valence-corrected chi connectivity index (χ0v) is 16.7. The number of anilines is 1. The van der Waals surface area contributed by atoms with Crippen LogP contribution in [0.5, 0.6) is 0 Å². The quantitative estimate of drug-likeness (QED) is 0.594. The molecule has 0 aliphatic carbocycles. The van der Waals surface area contributed by atoms with Crippen molar-refractivity contribution in [3.63, 3.8) is 0 Å². The molecule has 1 aromatic rings. The van der Waals surface area contributed by atoms with Crippen LogP contribution in [0.3, 0.4) is 0 Å². The number of hydrogen-bond donors (Lipinski definition) is 0. The first kappa shape index (κ1) is 18.5. The minimum absolute atomic E-state index is 0.359. The molecule has 2 saturated heterocycles. The Bertz CT molecular complexity index is 621. The van der Waals surface area contributed by atoms with E-state index in [0.717, 1.165) is 55.6 Å². The minimum Gasteiger partial charge on any atom is -0.356 e. The second kappa shape index (κ2) is 7.94. The van der Waals surface area contributed by atoms with Gasteiger partial charge in [-0.15, -0.1) is 0 Å². The Morgan fingerprint density at radius 3 is 2.84 bits per heavy atom. The normalized spacial score (nSPS) is 24.0. The lowest BCUT2D eigenvalue weighted by atomic mass is 9.83. The molecular weight excluding hydrogens is 332 g/mol. The van der Waals surface area contributed by atoms with Crippen molar-refractivity contribution >= 4 is 23.5 Å². The van der Waals surface area contributed by atoms with Crippen LogP contribution in [0.25, 0.3) is 0 Å². The third kappa shape index (κ3) is 4.27. The number of aryl methyl sites for hydroxylation is 1. The van der Waals surface area contributed by atoms with Gasteiger partial charge < -0.3 is 9.80 Å². The van der Waals surface area contributed by atoms with Gasteiger partial charge in [-0.1, -0.05) is 25.6 Å². The largest absolute Gasteiger partial charge is 0.356 e. The van der Waals surface area contributed by atoms with Crippen molar-refractivity contribution in [2.45, 2.75) is 57.7 Å². The summed E-state index contributed by atoms with van der Waals surface area (Å²) in [6, 6.07) is 2.50. The Morgan fingerprint density at radius 1 is 1.32 bits per heavy atom. The van der Waals surface area contributed by atoms with Crippen molar-refractivity contribution < 1.29 is 4.79 Å². The molecule has 0 aromatic carbocycles. The Hall–Kier alpha value is -1.30. The maximum Gasteiger partial charge on any atom is 0.222 e. The lowest BCUT2D eigenvalue weighted by Gasteiger charge is -2.47. The summed E-state index contributed by atoms with van der Waals surface area (Å²) in [7, 11) is 0. The number of carbonyl (C=O) groups is 1. The van der Waals surface area contributed by atoms with E-state index in [1.54, 1.807) is 11.8 Å². The summed E-state index contributed by atoms with van der Waals surface area (Å²) in [5, 5.41) is 0.842. The highest BCUT2D eigenvalue weighted by Crippen LogP contribution is 2.33. The molecule has 3 heterocycles. The Balaban J connectivity index is 1.71. The first-order valence-corrected chi connectivity index (χ1v) is 10.6. The highest BCUT2D eigenvalue weighted by Gasteiger charge is 2.39. The van der Waals surface area contributed by atoms with Gasteiger partial charge in [-0.2, -0.15) is 0 Å². The van der Waals surface area contributed by atoms with Crippen molar-refractivity contribution in [1.82, 2.24) is 14.9 Å². The summed E-state index contributed by atoms with van der Waals surface area (Å²) in [5.41, 5.74) is 1.02. The number of likely N-dealkylation sites (tertiary alicyclic amines) is 1. The van der Waals surface area contributed by atoms with E-state index in [9.17, 15) is 4.79 Å². The molecular formula is C19H30N4OS. The van der Waals surface area contributed by atoms with Crippen LogP contribution in [-0.2, 0) is 4.79 Å². The van der Waals surface area contributed by atoms with Crippen molar-refractivity contribution in [3.8, 4) is 0 Å². The average Bonchev–Trinajstić information content (AvgIpc) is 2.59. The van der Waals surface area contributed by atoms with Gasteiger partial charge in [-0.25, -0.2) is 9.97 Å². The van der Waals surface area contributed by atoms with Crippen LogP contribution in [0.4, 0.5) is 5.82 Å². The summed E-state index contributed by atoms with van der Waals surface area (Å²) >= 11 is 1.59. The average molecular weight is 363 g/mol. The number of hydrogen-bond acceptors (Lipinski definition) is 5. The predicted octanol–water partition coefficient (Wildman–Crippen LogP) is 3.37. The molecule has 138 valence electrons. The molecule has 2 unspecified atom stereocenters. The fourth-order valence-electron chi connectivity index (χ4n) is 4.03. The van der Waals surface area contributed by atoms with Crippen molar-refractivity contribution in [3.05, 3.63) is 11.8 Å². The van der Waals surface area contributed by atoms with Gasteiger partial charge in [0.15, 0.2) is 5.16 Å². The van der Waals surface area contributed by atoms with E-state index in [4.69, 9.17) is 4.98 Å². The van der Waals surface area contributed by atoms with Crippen LogP contribution >= 0.6 is 11.8 Å². The Morgan fingerprint density at radius 2 is 2.12 bits per heavy atom. The monoisotopic (exact) mass is 362 g/mol. The molecule has 2 aliphatic rings. The summed E-state index contributed by atoms with van der Waals surface area (Å²) in [4.78, 5) is 26.2. The van der Waals surface area contributed by atoms with E-state index in [2.05, 4.69) is 34.7 Å². The maximum atomic E-state index is 12.4. The molecule has 0 bridgehead atoms. The van der Waals surface area contributed by atoms with E-state index < -0.39 is 0 Å².